The number of likely N-dealkylation sites (tertiary alicyclic amines) is 2. The first kappa shape index (κ1) is 26.1. The van der Waals surface area contributed by atoms with Gasteiger partial charge in [-0.1, -0.05) is 42.0 Å². The van der Waals surface area contributed by atoms with E-state index in [-0.39, 0.29) is 24.8 Å². The number of aromatic amines is 1. The van der Waals surface area contributed by atoms with Gasteiger partial charge >= 0.3 is 0 Å². The number of amidine groups is 1. The van der Waals surface area contributed by atoms with Crippen LogP contribution in [0.5, 0.6) is 0 Å². The average Bonchev–Trinajstić information content (AvgIpc) is 3.56. The van der Waals surface area contributed by atoms with Gasteiger partial charge in [0.25, 0.3) is 5.91 Å². The van der Waals surface area contributed by atoms with Crippen LogP contribution in [0.3, 0.4) is 0 Å². The third kappa shape index (κ3) is 6.49. The Balaban J connectivity index is 1.13. The van der Waals surface area contributed by atoms with Crippen LogP contribution in [0, 0.1) is 17.7 Å². The summed E-state index contributed by atoms with van der Waals surface area (Å²) in [4.78, 5) is 27.1. The van der Waals surface area contributed by atoms with Crippen molar-refractivity contribution in [2.24, 2.45) is 11.1 Å². The van der Waals surface area contributed by atoms with Crippen molar-refractivity contribution in [3.8, 4) is 0 Å². The summed E-state index contributed by atoms with van der Waals surface area (Å²) in [5.41, 5.74) is 10.6. The van der Waals surface area contributed by atoms with Crippen LogP contribution in [0.15, 0.2) is 60.9 Å². The second-order valence-corrected chi connectivity index (χ2v) is 11.1. The number of aromatic nitrogens is 2. The summed E-state index contributed by atoms with van der Waals surface area (Å²) in [6.45, 7) is 9.09. The zero-order valence-corrected chi connectivity index (χ0v) is 22.3. The number of hydrogen-bond donors (Lipinski definition) is 3. The molecule has 2 fully saturated rings. The number of nitrogens with two attached hydrogens (primary N) is 1. The van der Waals surface area contributed by atoms with Crippen LogP contribution in [0.2, 0.25) is 0 Å². The van der Waals surface area contributed by atoms with Gasteiger partial charge in [-0.2, -0.15) is 0 Å². The third-order valence-electron chi connectivity index (χ3n) is 8.11. The lowest BCUT2D eigenvalue weighted by Crippen LogP contribution is -2.41. The van der Waals surface area contributed by atoms with E-state index in [0.29, 0.717) is 16.8 Å². The molecule has 2 aliphatic heterocycles. The molecule has 8 nitrogen and oxygen atoms in total. The fourth-order valence-corrected chi connectivity index (χ4v) is 5.87. The molecule has 0 unspecified atom stereocenters. The van der Waals surface area contributed by atoms with Gasteiger partial charge in [-0.3, -0.25) is 20.0 Å². The number of benzene rings is 2. The Bertz CT molecular complexity index is 1210. The normalized spacial score (nSPS) is 17.6. The number of carbonyl (C=O) groups excluding carboxylic acids is 1. The number of amides is 1. The van der Waals surface area contributed by atoms with E-state index in [2.05, 4.69) is 63.1 Å². The van der Waals surface area contributed by atoms with E-state index in [1.54, 1.807) is 17.3 Å². The van der Waals surface area contributed by atoms with Gasteiger partial charge in [0, 0.05) is 37.6 Å². The first-order valence-corrected chi connectivity index (χ1v) is 13.6. The molecular weight excluding hydrogens is 474 g/mol. The van der Waals surface area contributed by atoms with Crippen molar-refractivity contribution in [2.75, 3.05) is 32.7 Å². The Morgan fingerprint density at radius 1 is 1.00 bits per heavy atom. The first-order chi connectivity index (χ1) is 18.4. The maximum atomic E-state index is 13.1. The molecule has 2 saturated heterocycles. The van der Waals surface area contributed by atoms with Gasteiger partial charge in [0.05, 0.1) is 13.1 Å². The molecule has 3 aromatic rings. The van der Waals surface area contributed by atoms with Crippen molar-refractivity contribution >= 4 is 11.7 Å². The van der Waals surface area contributed by atoms with Crippen LogP contribution in [0.25, 0.3) is 0 Å². The van der Waals surface area contributed by atoms with Crippen molar-refractivity contribution in [3.05, 3.63) is 89.0 Å². The van der Waals surface area contributed by atoms with E-state index in [1.807, 2.05) is 12.1 Å². The summed E-state index contributed by atoms with van der Waals surface area (Å²) in [5, 5.41) is 7.66. The molecule has 200 valence electrons. The van der Waals surface area contributed by atoms with Gasteiger partial charge in [-0.15, -0.1) is 0 Å². The molecule has 2 aliphatic rings. The monoisotopic (exact) mass is 513 g/mol. The quantitative estimate of drug-likeness (QED) is 0.298. The smallest absolute Gasteiger partial charge is 0.254 e. The van der Waals surface area contributed by atoms with Gasteiger partial charge in [0.2, 0.25) is 0 Å². The minimum Gasteiger partial charge on any atom is -0.386 e. The van der Waals surface area contributed by atoms with E-state index in [9.17, 15) is 4.79 Å². The van der Waals surface area contributed by atoms with Crippen molar-refractivity contribution in [2.45, 2.75) is 45.8 Å². The van der Waals surface area contributed by atoms with Gasteiger partial charge in [0.1, 0.15) is 11.7 Å². The van der Waals surface area contributed by atoms with Crippen LogP contribution in [-0.4, -0.2) is 69.1 Å². The van der Waals surface area contributed by atoms with Crippen LogP contribution in [0.1, 0.15) is 52.1 Å². The molecule has 0 aliphatic carbocycles. The first-order valence-electron chi connectivity index (χ1n) is 13.6. The van der Waals surface area contributed by atoms with Crippen molar-refractivity contribution < 1.29 is 4.79 Å². The van der Waals surface area contributed by atoms with Gasteiger partial charge in [0.15, 0.2) is 0 Å². The lowest BCUT2D eigenvalue weighted by Gasteiger charge is -2.39. The topological polar surface area (TPSA) is 105 Å². The largest absolute Gasteiger partial charge is 0.386 e. The van der Waals surface area contributed by atoms with Crippen molar-refractivity contribution in [3.63, 3.8) is 0 Å². The summed E-state index contributed by atoms with van der Waals surface area (Å²) in [6.07, 6.45) is 7.18. The molecule has 1 aromatic heterocycles. The second kappa shape index (κ2) is 11.5. The molecular formula is C30H39N7O. The number of hydrogen-bond acceptors (Lipinski definition) is 5. The number of nitrogens with zero attached hydrogens (tertiary/aromatic N) is 4. The fraction of sp³-hybridized carbons (Fsp3) is 0.433. The molecule has 1 spiro atoms. The Morgan fingerprint density at radius 3 is 2.21 bits per heavy atom. The molecule has 2 aromatic carbocycles. The third-order valence-corrected chi connectivity index (χ3v) is 8.11. The van der Waals surface area contributed by atoms with Crippen LogP contribution < -0.4 is 5.73 Å². The molecule has 1 amide bonds. The van der Waals surface area contributed by atoms with Crippen LogP contribution >= 0.6 is 0 Å². The summed E-state index contributed by atoms with van der Waals surface area (Å²) in [5.74, 6) is 0.464. The number of aryl methyl sites for hydroxylation is 1. The van der Waals surface area contributed by atoms with E-state index in [1.165, 1.54) is 49.0 Å². The Morgan fingerprint density at radius 2 is 1.61 bits per heavy atom. The number of carbonyl (C=O) groups is 1. The van der Waals surface area contributed by atoms with E-state index < -0.39 is 0 Å². The minimum absolute atomic E-state index is 0.0505. The SMILES string of the molecule is Cc1ccc(CN2CCC3(CC2)CCN(Cc2ccc(C(=O)N(CC(=N)N)Cc4ncc[nH]4)cc2)C3)cc1. The Kier molecular flexibility index (Phi) is 7.90. The summed E-state index contributed by atoms with van der Waals surface area (Å²) < 4.78 is 0. The van der Waals surface area contributed by atoms with E-state index in [0.717, 1.165) is 26.2 Å². The Labute approximate surface area is 225 Å². The maximum absolute atomic E-state index is 13.1. The van der Waals surface area contributed by atoms with Crippen LogP contribution in [0.4, 0.5) is 0 Å². The number of H-pyrrole nitrogens is 1. The molecule has 8 heteroatoms. The van der Waals surface area contributed by atoms with E-state index in [4.69, 9.17) is 11.1 Å². The Hall–Kier alpha value is -3.49. The predicted octanol–water partition coefficient (Wildman–Crippen LogP) is 3.78. The minimum atomic E-state index is -0.152. The standard InChI is InChI=1S/C30H39N7O/c1-23-2-4-24(5-3-23)18-35-15-10-30(11-16-35)12-17-36(22-30)19-25-6-8-26(9-7-25)29(38)37(20-27(31)32)21-28-33-13-14-34-28/h2-9,13-14H,10-12,15-22H2,1H3,(H3,31,32)(H,33,34). The predicted molar refractivity (Wildman–Crippen MR) is 150 cm³/mol. The molecule has 0 saturated carbocycles. The highest BCUT2D eigenvalue weighted by Gasteiger charge is 2.40. The zero-order valence-electron chi connectivity index (χ0n) is 22.3. The zero-order chi connectivity index (χ0) is 26.5. The number of nitrogens with one attached hydrogen (secondary N) is 2. The molecule has 0 radical (unpaired) electrons. The fourth-order valence-electron chi connectivity index (χ4n) is 5.87. The van der Waals surface area contributed by atoms with Gasteiger partial charge in [-0.05, 0) is 74.5 Å². The van der Waals surface area contributed by atoms with E-state index >= 15 is 0 Å². The number of piperidine rings is 1. The molecule has 0 atom stereocenters. The molecule has 5 rings (SSSR count). The summed E-state index contributed by atoms with van der Waals surface area (Å²) >= 11 is 0. The summed E-state index contributed by atoms with van der Waals surface area (Å²) in [7, 11) is 0. The number of rotatable bonds is 9. The number of imidazole rings is 1. The average molecular weight is 514 g/mol. The highest BCUT2D eigenvalue weighted by Crippen LogP contribution is 2.41. The lowest BCUT2D eigenvalue weighted by molar-refractivity contribution is 0.0764. The second-order valence-electron chi connectivity index (χ2n) is 11.1. The van der Waals surface area contributed by atoms with Gasteiger partial charge < -0.3 is 15.6 Å². The van der Waals surface area contributed by atoms with Crippen molar-refractivity contribution in [1.82, 2.24) is 24.7 Å². The molecule has 38 heavy (non-hydrogen) atoms. The summed E-state index contributed by atoms with van der Waals surface area (Å²) in [6, 6.07) is 16.8. The molecule has 4 N–H and O–H groups in total. The van der Waals surface area contributed by atoms with Crippen molar-refractivity contribution in [1.29, 1.82) is 5.41 Å². The highest BCUT2D eigenvalue weighted by molar-refractivity contribution is 5.96. The highest BCUT2D eigenvalue weighted by atomic mass is 16.2. The lowest BCUT2D eigenvalue weighted by atomic mass is 9.77. The maximum Gasteiger partial charge on any atom is 0.254 e. The molecule has 0 bridgehead atoms. The van der Waals surface area contributed by atoms with Gasteiger partial charge in [-0.25, -0.2) is 4.98 Å². The van der Waals surface area contributed by atoms with Crippen LogP contribution in [-0.2, 0) is 19.6 Å². The molecule has 3 heterocycles.